The number of nitrogens with two attached hydrogens (primary N) is 1. The van der Waals surface area contributed by atoms with Gasteiger partial charge in [-0.3, -0.25) is 9.79 Å². The minimum Gasteiger partial charge on any atom is -0.857 e. The zero-order valence-electron chi connectivity index (χ0n) is 17.2. The van der Waals surface area contributed by atoms with Crippen LogP contribution in [0.3, 0.4) is 0 Å². The zero-order chi connectivity index (χ0) is 22.7. The summed E-state index contributed by atoms with van der Waals surface area (Å²) in [5.41, 5.74) is 5.23. The number of amides is 1. The number of nitrogen functional groups attached to an aromatic ring is 1. The number of hydrogen-bond acceptors (Lipinski definition) is 12. The number of carbonyl (C=O) groups excluding carboxylic acids is 1. The Morgan fingerprint density at radius 2 is 2.25 bits per heavy atom. The molecule has 0 saturated carbocycles. The van der Waals surface area contributed by atoms with Crippen molar-refractivity contribution in [2.24, 2.45) is 17.2 Å². The summed E-state index contributed by atoms with van der Waals surface area (Å²) in [5, 5.41) is 34.7. The summed E-state index contributed by atoms with van der Waals surface area (Å²) in [6.07, 6.45) is 1.28. The molecule has 3 N–H and O–H groups in total. The summed E-state index contributed by atoms with van der Waals surface area (Å²) in [7, 11) is 2.84. The van der Waals surface area contributed by atoms with Crippen molar-refractivity contribution in [2.45, 2.75) is 12.6 Å². The zero-order valence-corrected chi connectivity index (χ0v) is 20.8. The van der Waals surface area contributed by atoms with Crippen LogP contribution in [0.5, 0.6) is 0 Å². The van der Waals surface area contributed by atoms with Gasteiger partial charge in [0.05, 0.1) is 13.1 Å². The SMILES string of the molecule is CO/N=C(\C([O-])=NC1CN(/C(=C\Cn2nnn(C)c2=S)C(=O)O)C1=O)c1csc(N)n1.[Na+]. The van der Waals surface area contributed by atoms with E-state index in [-0.39, 0.29) is 69.7 Å². The number of nitrogens with zero attached hydrogens (tertiary/aromatic N) is 8. The molecule has 3 rings (SSSR count). The topological polar surface area (TPSA) is 189 Å². The van der Waals surface area contributed by atoms with E-state index in [0.717, 1.165) is 16.2 Å². The van der Waals surface area contributed by atoms with Crippen LogP contribution >= 0.6 is 23.6 Å². The number of β-lactam (4-membered cyclic amide) rings is 1. The number of thiazole rings is 1. The summed E-state index contributed by atoms with van der Waals surface area (Å²) in [6.45, 7) is -0.108. The number of allylic oxidation sites excluding steroid dienone is 1. The summed E-state index contributed by atoms with van der Waals surface area (Å²) >= 11 is 6.18. The van der Waals surface area contributed by atoms with Gasteiger partial charge in [-0.25, -0.2) is 19.1 Å². The van der Waals surface area contributed by atoms with E-state index in [1.54, 1.807) is 7.05 Å². The van der Waals surface area contributed by atoms with E-state index in [1.165, 1.54) is 27.9 Å². The molecular weight excluding hydrogens is 473 g/mol. The maximum atomic E-state index is 12.5. The molecule has 1 fully saturated rings. The number of likely N-dealkylation sites (tertiary alicyclic amines) is 1. The second-order valence-corrected chi connectivity index (χ2v) is 7.31. The second kappa shape index (κ2) is 10.8. The largest absolute Gasteiger partial charge is 1.00 e. The van der Waals surface area contributed by atoms with Crippen LogP contribution in [0, 0.1) is 4.77 Å². The molecule has 0 bridgehead atoms. The molecule has 32 heavy (non-hydrogen) atoms. The minimum absolute atomic E-state index is 0. The van der Waals surface area contributed by atoms with Crippen LogP contribution < -0.4 is 40.4 Å². The van der Waals surface area contributed by atoms with Crippen molar-refractivity contribution in [1.82, 2.24) is 29.7 Å². The molecule has 0 aliphatic carbocycles. The fraction of sp³-hybridized carbons (Fsp3) is 0.333. The summed E-state index contributed by atoms with van der Waals surface area (Å²) in [5.74, 6) is -2.82. The van der Waals surface area contributed by atoms with Crippen LogP contribution in [0.4, 0.5) is 5.13 Å². The Hall–Kier alpha value is -2.66. The van der Waals surface area contributed by atoms with Crippen LogP contribution in [-0.4, -0.2) is 78.0 Å². The number of anilines is 1. The molecule has 0 spiro atoms. The van der Waals surface area contributed by atoms with Crippen molar-refractivity contribution in [3.8, 4) is 0 Å². The standard InChI is InChI=1S/C15H17N9O5S2.Na/c1-22-15(30)24(21-20-22)4-3-9(13(27)28)23-5-7(12(23)26)17-11(25)10(19-29-2)8-6-31-14(16)18-8;/h3,6-7H,4-5H2,1-2H3,(H2,16,18)(H,17,25)(H,27,28);/q;+1/p-1/b9-3-,19-10-;. The second-order valence-electron chi connectivity index (χ2n) is 6.05. The monoisotopic (exact) mass is 489 g/mol. The molecule has 1 saturated heterocycles. The number of carbonyl (C=O) groups is 2. The van der Waals surface area contributed by atoms with Crippen LogP contribution in [0.1, 0.15) is 5.69 Å². The third-order valence-electron chi connectivity index (χ3n) is 4.08. The summed E-state index contributed by atoms with van der Waals surface area (Å²) in [4.78, 5) is 37.5. The normalized spacial score (nSPS) is 17.1. The van der Waals surface area contributed by atoms with E-state index in [4.69, 9.17) is 18.0 Å². The number of tetrazole rings is 1. The molecule has 0 radical (unpaired) electrons. The Bertz CT molecular complexity index is 1170. The van der Waals surface area contributed by atoms with E-state index in [1.807, 2.05) is 0 Å². The Labute approximate surface area is 212 Å². The number of rotatable bonds is 8. The number of aromatic nitrogens is 5. The fourth-order valence-corrected chi connectivity index (χ4v) is 3.25. The molecule has 1 aliphatic rings. The first kappa shape index (κ1) is 25.6. The van der Waals surface area contributed by atoms with E-state index >= 15 is 0 Å². The van der Waals surface area contributed by atoms with Crippen molar-refractivity contribution < 1.29 is 54.2 Å². The van der Waals surface area contributed by atoms with E-state index in [2.05, 4.69) is 30.4 Å². The number of aliphatic imine (C=N–C) groups is 1. The van der Waals surface area contributed by atoms with Crippen molar-refractivity contribution in [3.05, 3.63) is 27.6 Å². The number of aryl methyl sites for hydroxylation is 1. The first-order valence-corrected chi connectivity index (χ1v) is 9.81. The number of carboxylic acid groups (broad SMARTS) is 1. The third kappa shape index (κ3) is 5.39. The Morgan fingerprint density at radius 3 is 2.75 bits per heavy atom. The predicted octanol–water partition coefficient (Wildman–Crippen LogP) is -4.62. The van der Waals surface area contributed by atoms with Gasteiger partial charge in [0.2, 0.25) is 4.77 Å². The van der Waals surface area contributed by atoms with Crippen LogP contribution in [0.25, 0.3) is 0 Å². The Morgan fingerprint density at radius 1 is 1.53 bits per heavy atom. The Balaban J connectivity index is 0.00000363. The number of oxime groups is 1. The first-order chi connectivity index (χ1) is 14.7. The molecule has 2 aromatic heterocycles. The van der Waals surface area contributed by atoms with Crippen LogP contribution in [0.2, 0.25) is 0 Å². The summed E-state index contributed by atoms with van der Waals surface area (Å²) in [6, 6.07) is -1.06. The molecule has 17 heteroatoms. The van der Waals surface area contributed by atoms with Crippen LogP contribution in [-0.2, 0) is 28.0 Å². The van der Waals surface area contributed by atoms with E-state index in [0.29, 0.717) is 0 Å². The van der Waals surface area contributed by atoms with Gasteiger partial charge in [-0.15, -0.1) is 11.3 Å². The molecule has 164 valence electrons. The molecular formula is C15H16N9NaO5S2. The van der Waals surface area contributed by atoms with Crippen LogP contribution in [0.15, 0.2) is 27.3 Å². The molecule has 0 aromatic carbocycles. The van der Waals surface area contributed by atoms with Gasteiger partial charge in [-0.1, -0.05) is 5.16 Å². The Kier molecular flexibility index (Phi) is 8.62. The van der Waals surface area contributed by atoms with Gasteiger partial charge in [0.15, 0.2) is 5.13 Å². The van der Waals surface area contributed by atoms with Crippen molar-refractivity contribution in [2.75, 3.05) is 19.4 Å². The number of carboxylic acids is 1. The van der Waals surface area contributed by atoms with Gasteiger partial charge in [-0.05, 0) is 28.7 Å². The fourth-order valence-electron chi connectivity index (χ4n) is 2.56. The maximum absolute atomic E-state index is 12.5. The van der Waals surface area contributed by atoms with Crippen molar-refractivity contribution in [1.29, 1.82) is 0 Å². The minimum atomic E-state index is -1.33. The molecule has 1 atom stereocenters. The number of aliphatic carboxylic acids is 1. The summed E-state index contributed by atoms with van der Waals surface area (Å²) < 4.78 is 2.91. The van der Waals surface area contributed by atoms with Gasteiger partial charge in [0.1, 0.15) is 30.3 Å². The average Bonchev–Trinajstić information content (AvgIpc) is 3.29. The molecule has 1 aliphatic heterocycles. The van der Waals surface area contributed by atoms with Gasteiger partial charge in [0, 0.05) is 18.3 Å². The first-order valence-electron chi connectivity index (χ1n) is 8.52. The molecule has 1 amide bonds. The number of hydrogen-bond donors (Lipinski definition) is 2. The van der Waals surface area contributed by atoms with Gasteiger partial charge < -0.3 is 25.7 Å². The van der Waals surface area contributed by atoms with Crippen molar-refractivity contribution >= 4 is 52.2 Å². The van der Waals surface area contributed by atoms with Gasteiger partial charge in [0.25, 0.3) is 5.91 Å². The quantitative estimate of drug-likeness (QED) is 0.0694. The molecule has 3 heterocycles. The average molecular weight is 489 g/mol. The van der Waals surface area contributed by atoms with E-state index < -0.39 is 23.8 Å². The van der Waals surface area contributed by atoms with Gasteiger partial charge in [-0.2, -0.15) is 0 Å². The smallest absolute Gasteiger partial charge is 0.857 e. The molecule has 1 unspecified atom stereocenters. The molecule has 2 aromatic rings. The predicted molar refractivity (Wildman–Crippen MR) is 109 cm³/mol. The van der Waals surface area contributed by atoms with E-state index in [9.17, 15) is 19.8 Å². The van der Waals surface area contributed by atoms with Gasteiger partial charge >= 0.3 is 35.5 Å². The maximum Gasteiger partial charge on any atom is 1.00 e. The van der Waals surface area contributed by atoms with Crippen molar-refractivity contribution in [3.63, 3.8) is 0 Å². The molecule has 14 nitrogen and oxygen atoms in total. The third-order valence-corrected chi connectivity index (χ3v) is 5.23.